The Hall–Kier alpha value is -3.74. The monoisotopic (exact) mass is 408 g/mol. The van der Waals surface area contributed by atoms with Gasteiger partial charge in [0, 0.05) is 11.8 Å². The van der Waals surface area contributed by atoms with E-state index in [1.165, 1.54) is 6.08 Å². The van der Waals surface area contributed by atoms with Crippen molar-refractivity contribution in [3.05, 3.63) is 71.1 Å². The Morgan fingerprint density at radius 1 is 1.07 bits per heavy atom. The first-order valence-corrected chi connectivity index (χ1v) is 9.36. The summed E-state index contributed by atoms with van der Waals surface area (Å²) in [6.45, 7) is 4.05. The minimum atomic E-state index is -0.238. The maximum absolute atomic E-state index is 12.2. The topological polar surface area (TPSA) is 82.8 Å². The lowest BCUT2D eigenvalue weighted by Gasteiger charge is -2.11. The second-order valence-corrected chi connectivity index (χ2v) is 6.55. The number of carbonyl (C=O) groups is 1. The van der Waals surface area contributed by atoms with Crippen molar-refractivity contribution in [2.45, 2.75) is 20.5 Å². The number of amides is 1. The van der Waals surface area contributed by atoms with Crippen LogP contribution in [0.5, 0.6) is 17.2 Å². The number of carbonyl (C=O) groups excluding carboxylic acids is 1. The first kappa shape index (κ1) is 21.0. The molecule has 1 amide bonds. The molecular weight excluding hydrogens is 384 g/mol. The van der Waals surface area contributed by atoms with Crippen LogP contribution in [-0.4, -0.2) is 25.3 Å². The summed E-state index contributed by atoms with van der Waals surface area (Å²) in [5, 5.41) is 6.72. The number of nitrogens with one attached hydrogen (secondary N) is 1. The van der Waals surface area contributed by atoms with Gasteiger partial charge in [0.1, 0.15) is 18.1 Å². The molecule has 0 fully saturated rings. The number of hydrogen-bond donors (Lipinski definition) is 1. The Morgan fingerprint density at radius 3 is 2.47 bits per heavy atom. The van der Waals surface area contributed by atoms with Crippen LogP contribution in [0.25, 0.3) is 6.08 Å². The quantitative estimate of drug-likeness (QED) is 0.551. The zero-order valence-electron chi connectivity index (χ0n) is 17.4. The molecule has 0 aliphatic heterocycles. The molecule has 1 aromatic heterocycles. The number of benzene rings is 2. The first-order chi connectivity index (χ1) is 14.5. The van der Waals surface area contributed by atoms with Gasteiger partial charge in [0.05, 0.1) is 25.5 Å². The molecule has 0 unspecified atom stereocenters. The summed E-state index contributed by atoms with van der Waals surface area (Å²) in [5.74, 6) is 2.39. The van der Waals surface area contributed by atoms with Gasteiger partial charge < -0.3 is 24.1 Å². The number of methoxy groups -OCH3 is 2. The van der Waals surface area contributed by atoms with E-state index < -0.39 is 0 Å². The lowest BCUT2D eigenvalue weighted by molar-refractivity contribution is -0.111. The molecule has 0 saturated carbocycles. The summed E-state index contributed by atoms with van der Waals surface area (Å²) < 4.78 is 21.6. The van der Waals surface area contributed by atoms with Crippen molar-refractivity contribution in [2.75, 3.05) is 19.5 Å². The number of anilines is 1. The molecule has 0 aliphatic rings. The van der Waals surface area contributed by atoms with Crippen molar-refractivity contribution in [3.63, 3.8) is 0 Å². The number of hydrogen-bond acceptors (Lipinski definition) is 6. The third-order valence-electron chi connectivity index (χ3n) is 4.53. The summed E-state index contributed by atoms with van der Waals surface area (Å²) in [4.78, 5) is 12.2. The van der Waals surface area contributed by atoms with E-state index in [0.29, 0.717) is 23.8 Å². The van der Waals surface area contributed by atoms with Crippen LogP contribution in [0.1, 0.15) is 22.6 Å². The number of aryl methyl sites for hydroxylation is 2. The summed E-state index contributed by atoms with van der Waals surface area (Å²) in [6.07, 6.45) is 3.17. The van der Waals surface area contributed by atoms with E-state index in [4.69, 9.17) is 18.7 Å². The van der Waals surface area contributed by atoms with Crippen LogP contribution < -0.4 is 19.5 Å². The van der Waals surface area contributed by atoms with Gasteiger partial charge in [0.25, 0.3) is 0 Å². The Bertz CT molecular complexity index is 1020. The van der Waals surface area contributed by atoms with Crippen LogP contribution in [-0.2, 0) is 11.4 Å². The molecule has 0 bridgehead atoms. The standard InChI is InChI=1S/C23H24N2O5/c1-15-20(16(2)30-25-15)14-29-21-11-5-17(13-22(21)28-4)6-12-23(26)24-18-7-9-19(27-3)10-8-18/h5-13H,14H2,1-4H3,(H,24,26). The van der Waals surface area contributed by atoms with Gasteiger partial charge in [0.2, 0.25) is 5.91 Å². The van der Waals surface area contributed by atoms with Crippen LogP contribution in [0.4, 0.5) is 5.69 Å². The van der Waals surface area contributed by atoms with E-state index in [-0.39, 0.29) is 5.91 Å². The number of ether oxygens (including phenoxy) is 3. The van der Waals surface area contributed by atoms with E-state index in [1.54, 1.807) is 56.7 Å². The molecule has 30 heavy (non-hydrogen) atoms. The predicted octanol–water partition coefficient (Wildman–Crippen LogP) is 4.54. The van der Waals surface area contributed by atoms with Gasteiger partial charge in [-0.1, -0.05) is 11.2 Å². The minimum Gasteiger partial charge on any atom is -0.497 e. The maximum Gasteiger partial charge on any atom is 0.248 e. The Labute approximate surface area is 175 Å². The van der Waals surface area contributed by atoms with Crippen LogP contribution in [0.2, 0.25) is 0 Å². The Morgan fingerprint density at radius 2 is 1.83 bits per heavy atom. The normalized spacial score (nSPS) is 10.8. The molecule has 0 radical (unpaired) electrons. The molecular formula is C23H24N2O5. The highest BCUT2D eigenvalue weighted by Gasteiger charge is 2.12. The molecule has 7 heteroatoms. The average Bonchev–Trinajstić information content (AvgIpc) is 3.08. The van der Waals surface area contributed by atoms with Crippen molar-refractivity contribution in [2.24, 2.45) is 0 Å². The second-order valence-electron chi connectivity index (χ2n) is 6.55. The van der Waals surface area contributed by atoms with Crippen LogP contribution in [0, 0.1) is 13.8 Å². The van der Waals surface area contributed by atoms with E-state index in [2.05, 4.69) is 10.5 Å². The summed E-state index contributed by atoms with van der Waals surface area (Å²) >= 11 is 0. The van der Waals surface area contributed by atoms with E-state index in [9.17, 15) is 4.79 Å². The lowest BCUT2D eigenvalue weighted by Crippen LogP contribution is -2.07. The average molecular weight is 408 g/mol. The fraction of sp³-hybridized carbons (Fsp3) is 0.217. The number of aromatic nitrogens is 1. The fourth-order valence-corrected chi connectivity index (χ4v) is 2.80. The minimum absolute atomic E-state index is 0.238. The van der Waals surface area contributed by atoms with Gasteiger partial charge in [-0.05, 0) is 61.9 Å². The van der Waals surface area contributed by atoms with Crippen molar-refractivity contribution in [3.8, 4) is 17.2 Å². The second kappa shape index (κ2) is 9.65. The lowest BCUT2D eigenvalue weighted by atomic mass is 10.1. The van der Waals surface area contributed by atoms with Crippen LogP contribution in [0.3, 0.4) is 0 Å². The smallest absolute Gasteiger partial charge is 0.248 e. The molecule has 0 atom stereocenters. The Kier molecular flexibility index (Phi) is 6.75. The third kappa shape index (κ3) is 5.20. The number of nitrogens with zero attached hydrogens (tertiary/aromatic N) is 1. The predicted molar refractivity (Wildman–Crippen MR) is 114 cm³/mol. The highest BCUT2D eigenvalue weighted by Crippen LogP contribution is 2.30. The molecule has 3 aromatic rings. The van der Waals surface area contributed by atoms with Gasteiger partial charge in [-0.25, -0.2) is 0 Å². The first-order valence-electron chi connectivity index (χ1n) is 9.36. The third-order valence-corrected chi connectivity index (χ3v) is 4.53. The van der Waals surface area contributed by atoms with Gasteiger partial charge in [-0.2, -0.15) is 0 Å². The molecule has 156 valence electrons. The highest BCUT2D eigenvalue weighted by atomic mass is 16.5. The molecule has 2 aromatic carbocycles. The van der Waals surface area contributed by atoms with Crippen LogP contribution >= 0.6 is 0 Å². The zero-order chi connectivity index (χ0) is 21.5. The largest absolute Gasteiger partial charge is 0.497 e. The van der Waals surface area contributed by atoms with Crippen molar-refractivity contribution < 1.29 is 23.5 Å². The summed E-state index contributed by atoms with van der Waals surface area (Å²) in [7, 11) is 3.17. The SMILES string of the molecule is COc1ccc(NC(=O)C=Cc2ccc(OCc3c(C)noc3C)c(OC)c2)cc1. The molecule has 7 nitrogen and oxygen atoms in total. The Balaban J connectivity index is 1.63. The van der Waals surface area contributed by atoms with Gasteiger partial charge in [-0.3, -0.25) is 4.79 Å². The summed E-state index contributed by atoms with van der Waals surface area (Å²) in [5.41, 5.74) is 3.21. The van der Waals surface area contributed by atoms with E-state index in [1.807, 2.05) is 19.9 Å². The van der Waals surface area contributed by atoms with Crippen molar-refractivity contribution in [1.82, 2.24) is 5.16 Å². The molecule has 1 N–H and O–H groups in total. The van der Waals surface area contributed by atoms with Crippen molar-refractivity contribution >= 4 is 17.7 Å². The number of rotatable bonds is 8. The van der Waals surface area contributed by atoms with Gasteiger partial charge in [-0.15, -0.1) is 0 Å². The molecule has 3 rings (SSSR count). The molecule has 0 saturated heterocycles. The van der Waals surface area contributed by atoms with Gasteiger partial charge in [0.15, 0.2) is 11.5 Å². The molecule has 0 aliphatic carbocycles. The molecule has 0 spiro atoms. The zero-order valence-corrected chi connectivity index (χ0v) is 17.4. The van der Waals surface area contributed by atoms with Crippen LogP contribution in [0.15, 0.2) is 53.1 Å². The maximum atomic E-state index is 12.2. The highest BCUT2D eigenvalue weighted by molar-refractivity contribution is 6.01. The van der Waals surface area contributed by atoms with Crippen molar-refractivity contribution in [1.29, 1.82) is 0 Å². The summed E-state index contributed by atoms with van der Waals surface area (Å²) in [6, 6.07) is 12.6. The molecule has 1 heterocycles. The fourth-order valence-electron chi connectivity index (χ4n) is 2.80. The van der Waals surface area contributed by atoms with E-state index >= 15 is 0 Å². The van der Waals surface area contributed by atoms with Gasteiger partial charge >= 0.3 is 0 Å². The van der Waals surface area contributed by atoms with E-state index in [0.717, 1.165) is 28.3 Å².